The van der Waals surface area contributed by atoms with E-state index in [0.717, 1.165) is 31.5 Å². The topological polar surface area (TPSA) is 79.3 Å². The molecule has 2 fully saturated rings. The number of benzene rings is 1. The van der Waals surface area contributed by atoms with Crippen LogP contribution in [0.2, 0.25) is 0 Å². The van der Waals surface area contributed by atoms with Crippen LogP contribution in [0.1, 0.15) is 44.6 Å². The third-order valence-electron chi connectivity index (χ3n) is 7.01. The average molecular weight is 433 g/mol. The first-order valence-corrected chi connectivity index (χ1v) is 11.4. The number of phenols is 1. The zero-order valence-corrected chi connectivity index (χ0v) is 19.0. The standard InChI is InChI=1S/C24H36N2O5/c1-4-17-15-25(16-20-5-6-21(30-2)14-22(20)27)10-7-19(17)13-23(28)26-11-8-18(9-12-26)24(29)31-3/h5-6,14,17-19,27H,4,7-13,15-16H2,1-3H3/t17-,19+/m1/s1. The summed E-state index contributed by atoms with van der Waals surface area (Å²) in [5, 5.41) is 10.3. The van der Waals surface area contributed by atoms with Gasteiger partial charge in [-0.3, -0.25) is 14.5 Å². The number of likely N-dealkylation sites (tertiary alicyclic amines) is 2. The lowest BCUT2D eigenvalue weighted by Gasteiger charge is -2.39. The van der Waals surface area contributed by atoms with Gasteiger partial charge < -0.3 is 19.5 Å². The molecule has 0 unspecified atom stereocenters. The van der Waals surface area contributed by atoms with Crippen molar-refractivity contribution in [1.82, 2.24) is 9.80 Å². The third-order valence-corrected chi connectivity index (χ3v) is 7.01. The zero-order valence-electron chi connectivity index (χ0n) is 19.0. The number of aromatic hydroxyl groups is 1. The highest BCUT2D eigenvalue weighted by atomic mass is 16.5. The van der Waals surface area contributed by atoms with Crippen molar-refractivity contribution in [2.45, 2.75) is 45.6 Å². The van der Waals surface area contributed by atoms with Crippen LogP contribution in [0.3, 0.4) is 0 Å². The number of carbonyl (C=O) groups is 2. The fourth-order valence-electron chi connectivity index (χ4n) is 4.96. The first-order chi connectivity index (χ1) is 14.9. The minimum atomic E-state index is -0.159. The van der Waals surface area contributed by atoms with Crippen molar-refractivity contribution in [2.75, 3.05) is 40.4 Å². The van der Waals surface area contributed by atoms with Crippen LogP contribution in [0.15, 0.2) is 18.2 Å². The number of esters is 1. The summed E-state index contributed by atoms with van der Waals surface area (Å²) in [4.78, 5) is 28.9. The Kier molecular flexibility index (Phi) is 8.18. The number of hydrogen-bond acceptors (Lipinski definition) is 6. The first-order valence-electron chi connectivity index (χ1n) is 11.4. The Morgan fingerprint density at radius 3 is 2.45 bits per heavy atom. The molecule has 1 amide bonds. The second kappa shape index (κ2) is 10.8. The Morgan fingerprint density at radius 2 is 1.84 bits per heavy atom. The summed E-state index contributed by atoms with van der Waals surface area (Å²) >= 11 is 0. The van der Waals surface area contributed by atoms with Gasteiger partial charge in [0.15, 0.2) is 0 Å². The predicted molar refractivity (Wildman–Crippen MR) is 118 cm³/mol. The number of ether oxygens (including phenoxy) is 2. The highest BCUT2D eigenvalue weighted by Gasteiger charge is 2.33. The lowest BCUT2D eigenvalue weighted by molar-refractivity contribution is -0.149. The van der Waals surface area contributed by atoms with Gasteiger partial charge in [0.05, 0.1) is 20.1 Å². The second-order valence-electron chi connectivity index (χ2n) is 8.83. The average Bonchev–Trinajstić information content (AvgIpc) is 2.80. The normalized spacial score (nSPS) is 22.9. The predicted octanol–water partition coefficient (Wildman–Crippen LogP) is 3.05. The number of nitrogens with zero attached hydrogens (tertiary/aromatic N) is 2. The van der Waals surface area contributed by atoms with E-state index in [-0.39, 0.29) is 23.5 Å². The molecule has 7 heteroatoms. The fraction of sp³-hybridized carbons (Fsp3) is 0.667. The van der Waals surface area contributed by atoms with E-state index >= 15 is 0 Å². The van der Waals surface area contributed by atoms with E-state index in [0.29, 0.717) is 56.5 Å². The lowest BCUT2D eigenvalue weighted by Crippen LogP contribution is -2.44. The van der Waals surface area contributed by atoms with Crippen molar-refractivity contribution in [3.63, 3.8) is 0 Å². The molecule has 2 saturated heterocycles. The number of carbonyl (C=O) groups excluding carboxylic acids is 2. The van der Waals surface area contributed by atoms with Crippen LogP contribution >= 0.6 is 0 Å². The summed E-state index contributed by atoms with van der Waals surface area (Å²) in [5.41, 5.74) is 0.902. The molecule has 3 rings (SSSR count). The molecule has 31 heavy (non-hydrogen) atoms. The number of piperidine rings is 2. The van der Waals surface area contributed by atoms with Gasteiger partial charge in [0.25, 0.3) is 0 Å². The molecule has 2 heterocycles. The number of rotatable bonds is 7. The van der Waals surface area contributed by atoms with E-state index in [1.165, 1.54) is 7.11 Å². The summed E-state index contributed by atoms with van der Waals surface area (Å²) in [6, 6.07) is 5.45. The van der Waals surface area contributed by atoms with E-state index < -0.39 is 0 Å². The molecule has 1 N–H and O–H groups in total. The Bertz CT molecular complexity index is 760. The van der Waals surface area contributed by atoms with Gasteiger partial charge in [0, 0.05) is 44.2 Å². The van der Waals surface area contributed by atoms with Crippen LogP contribution in [0.25, 0.3) is 0 Å². The summed E-state index contributed by atoms with van der Waals surface area (Å²) in [7, 11) is 3.01. The largest absolute Gasteiger partial charge is 0.507 e. The van der Waals surface area contributed by atoms with E-state index in [9.17, 15) is 14.7 Å². The number of methoxy groups -OCH3 is 2. The molecule has 2 aliphatic rings. The minimum absolute atomic E-state index is 0.0740. The summed E-state index contributed by atoms with van der Waals surface area (Å²) in [5.74, 6) is 1.75. The minimum Gasteiger partial charge on any atom is -0.507 e. The molecule has 7 nitrogen and oxygen atoms in total. The van der Waals surface area contributed by atoms with Crippen molar-refractivity contribution < 1.29 is 24.2 Å². The molecule has 1 aromatic carbocycles. The molecule has 0 radical (unpaired) electrons. The summed E-state index contributed by atoms with van der Waals surface area (Å²) in [6.07, 6.45) is 4.00. The van der Waals surface area contributed by atoms with Crippen LogP contribution in [0.5, 0.6) is 11.5 Å². The molecule has 1 aromatic rings. The van der Waals surface area contributed by atoms with Gasteiger partial charge in [-0.05, 0) is 43.7 Å². The fourth-order valence-corrected chi connectivity index (χ4v) is 4.96. The van der Waals surface area contributed by atoms with Crippen LogP contribution in [0.4, 0.5) is 0 Å². The SMILES string of the molecule is CC[C@@H]1CN(Cc2ccc(OC)cc2O)CC[C@H]1CC(=O)N1CCC(C(=O)OC)CC1. The number of phenolic OH excluding ortho intramolecular Hbond substituents is 1. The van der Waals surface area contributed by atoms with Gasteiger partial charge in [-0.2, -0.15) is 0 Å². The van der Waals surface area contributed by atoms with Crippen LogP contribution in [-0.2, 0) is 20.9 Å². The molecule has 2 aliphatic heterocycles. The highest BCUT2D eigenvalue weighted by Crippen LogP contribution is 2.32. The van der Waals surface area contributed by atoms with E-state index in [4.69, 9.17) is 9.47 Å². The monoisotopic (exact) mass is 432 g/mol. The van der Waals surface area contributed by atoms with Crippen LogP contribution in [0, 0.1) is 17.8 Å². The number of hydrogen-bond donors (Lipinski definition) is 1. The van der Waals surface area contributed by atoms with Crippen molar-refractivity contribution in [1.29, 1.82) is 0 Å². The van der Waals surface area contributed by atoms with E-state index in [1.54, 1.807) is 13.2 Å². The lowest BCUT2D eigenvalue weighted by atomic mass is 9.81. The second-order valence-corrected chi connectivity index (χ2v) is 8.83. The Labute approximate surface area is 185 Å². The third kappa shape index (κ3) is 5.91. The summed E-state index contributed by atoms with van der Waals surface area (Å²) < 4.78 is 10.0. The molecular weight excluding hydrogens is 396 g/mol. The van der Waals surface area contributed by atoms with Crippen molar-refractivity contribution >= 4 is 11.9 Å². The van der Waals surface area contributed by atoms with E-state index in [1.807, 2.05) is 17.0 Å². The first kappa shape index (κ1) is 23.4. The molecule has 2 atom stereocenters. The van der Waals surface area contributed by atoms with Crippen LogP contribution in [-0.4, -0.2) is 67.2 Å². The smallest absolute Gasteiger partial charge is 0.308 e. The quantitative estimate of drug-likeness (QED) is 0.667. The van der Waals surface area contributed by atoms with Crippen molar-refractivity contribution in [2.24, 2.45) is 17.8 Å². The maximum Gasteiger partial charge on any atom is 0.308 e. The Hall–Kier alpha value is -2.28. The van der Waals surface area contributed by atoms with Gasteiger partial charge in [0.1, 0.15) is 11.5 Å². The molecule has 0 aromatic heterocycles. The highest BCUT2D eigenvalue weighted by molar-refractivity contribution is 5.77. The van der Waals surface area contributed by atoms with Crippen LogP contribution < -0.4 is 4.74 Å². The van der Waals surface area contributed by atoms with Gasteiger partial charge in [-0.25, -0.2) is 0 Å². The molecule has 0 aliphatic carbocycles. The molecule has 0 bridgehead atoms. The maximum absolute atomic E-state index is 12.9. The molecule has 0 spiro atoms. The van der Waals surface area contributed by atoms with Gasteiger partial charge in [-0.15, -0.1) is 0 Å². The Balaban J connectivity index is 1.51. The maximum atomic E-state index is 12.9. The molecule has 172 valence electrons. The van der Waals surface area contributed by atoms with Gasteiger partial charge in [0.2, 0.25) is 5.91 Å². The Morgan fingerprint density at radius 1 is 1.10 bits per heavy atom. The zero-order chi connectivity index (χ0) is 22.4. The van der Waals surface area contributed by atoms with Crippen molar-refractivity contribution in [3.8, 4) is 11.5 Å². The van der Waals surface area contributed by atoms with Gasteiger partial charge >= 0.3 is 5.97 Å². The summed E-state index contributed by atoms with van der Waals surface area (Å²) in [6.45, 7) is 6.04. The number of amides is 1. The van der Waals surface area contributed by atoms with E-state index in [2.05, 4.69) is 11.8 Å². The van der Waals surface area contributed by atoms with Gasteiger partial charge in [-0.1, -0.05) is 19.4 Å². The molecular formula is C24H36N2O5. The molecule has 0 saturated carbocycles. The van der Waals surface area contributed by atoms with Crippen molar-refractivity contribution in [3.05, 3.63) is 23.8 Å².